The first kappa shape index (κ1) is 23.5. The summed E-state index contributed by atoms with van der Waals surface area (Å²) >= 11 is 5.28. The van der Waals surface area contributed by atoms with Crippen molar-refractivity contribution in [3.8, 4) is 10.6 Å². The first-order valence-corrected chi connectivity index (χ1v) is 14.3. The van der Waals surface area contributed by atoms with Crippen molar-refractivity contribution in [1.29, 1.82) is 0 Å². The second kappa shape index (κ2) is 10.2. The molecule has 0 atom stereocenters. The summed E-state index contributed by atoms with van der Waals surface area (Å²) in [5, 5.41) is 5.76. The van der Waals surface area contributed by atoms with Gasteiger partial charge in [0.25, 0.3) is 0 Å². The van der Waals surface area contributed by atoms with E-state index >= 15 is 0 Å². The second-order valence-corrected chi connectivity index (χ2v) is 12.6. The molecule has 4 nitrogen and oxygen atoms in total. The molecule has 5 rings (SSSR count). The van der Waals surface area contributed by atoms with Crippen LogP contribution in [0.15, 0.2) is 53.4 Å². The van der Waals surface area contributed by atoms with Crippen molar-refractivity contribution < 1.29 is 4.79 Å². The number of hydrogen-bond acceptors (Lipinski definition) is 6. The summed E-state index contributed by atoms with van der Waals surface area (Å²) in [6, 6.07) is 16.6. The predicted octanol–water partition coefficient (Wildman–Crippen LogP) is 7.08. The Hall–Kier alpha value is -2.19. The lowest BCUT2D eigenvalue weighted by Crippen LogP contribution is -2.29. The van der Waals surface area contributed by atoms with Crippen molar-refractivity contribution in [2.45, 2.75) is 50.3 Å². The summed E-state index contributed by atoms with van der Waals surface area (Å²) in [5.74, 6) is 0.0255. The molecule has 7 heteroatoms. The summed E-state index contributed by atoms with van der Waals surface area (Å²) in [5.41, 5.74) is 4.55. The SMILES string of the molecule is CCN1CCc2c(sc(NC(=O)Cc3ccc(SC(C)C)cc3)c2-c2nc3ccccc3s2)C1. The Morgan fingerprint density at radius 1 is 1.15 bits per heavy atom. The second-order valence-electron chi connectivity index (χ2n) is 8.85. The van der Waals surface area contributed by atoms with Crippen molar-refractivity contribution in [1.82, 2.24) is 9.88 Å². The van der Waals surface area contributed by atoms with E-state index in [0.717, 1.165) is 52.7 Å². The number of amides is 1. The Bertz CT molecular complexity index is 1270. The summed E-state index contributed by atoms with van der Waals surface area (Å²) in [4.78, 5) is 23.1. The topological polar surface area (TPSA) is 45.2 Å². The van der Waals surface area contributed by atoms with Gasteiger partial charge in [-0.25, -0.2) is 4.98 Å². The van der Waals surface area contributed by atoms with Gasteiger partial charge in [0.15, 0.2) is 0 Å². The van der Waals surface area contributed by atoms with Crippen LogP contribution < -0.4 is 5.32 Å². The molecule has 1 aliphatic heterocycles. The maximum atomic E-state index is 13.1. The number of nitrogens with one attached hydrogen (secondary N) is 1. The van der Waals surface area contributed by atoms with Crippen LogP contribution in [0.4, 0.5) is 5.00 Å². The molecular formula is C27H29N3OS3. The van der Waals surface area contributed by atoms with E-state index in [1.807, 2.05) is 17.8 Å². The summed E-state index contributed by atoms with van der Waals surface area (Å²) in [6.45, 7) is 9.62. The Morgan fingerprint density at radius 2 is 1.94 bits per heavy atom. The van der Waals surface area contributed by atoms with Gasteiger partial charge >= 0.3 is 0 Å². The van der Waals surface area contributed by atoms with E-state index < -0.39 is 0 Å². The number of benzene rings is 2. The van der Waals surface area contributed by atoms with Gasteiger partial charge < -0.3 is 5.32 Å². The fourth-order valence-electron chi connectivity index (χ4n) is 4.33. The summed E-state index contributed by atoms with van der Waals surface area (Å²) in [6.07, 6.45) is 1.37. The van der Waals surface area contributed by atoms with Crippen LogP contribution in [0, 0.1) is 0 Å². The molecule has 0 saturated carbocycles. The molecule has 2 aromatic carbocycles. The van der Waals surface area contributed by atoms with Crippen LogP contribution in [-0.4, -0.2) is 34.1 Å². The van der Waals surface area contributed by atoms with Gasteiger partial charge in [0, 0.05) is 33.7 Å². The highest BCUT2D eigenvalue weighted by atomic mass is 32.2. The van der Waals surface area contributed by atoms with Crippen LogP contribution in [0.1, 0.15) is 36.8 Å². The molecule has 1 aliphatic rings. The summed E-state index contributed by atoms with van der Waals surface area (Å²) < 4.78 is 1.18. The van der Waals surface area contributed by atoms with Crippen LogP contribution in [0.5, 0.6) is 0 Å². The van der Waals surface area contributed by atoms with Crippen LogP contribution >= 0.6 is 34.4 Å². The Labute approximate surface area is 213 Å². The number of rotatable bonds is 7. The molecule has 34 heavy (non-hydrogen) atoms. The van der Waals surface area contributed by atoms with Gasteiger partial charge in [0.05, 0.1) is 16.6 Å². The average molecular weight is 508 g/mol. The number of fused-ring (bicyclic) bond motifs is 2. The Morgan fingerprint density at radius 3 is 2.68 bits per heavy atom. The predicted molar refractivity (Wildman–Crippen MR) is 147 cm³/mol. The van der Waals surface area contributed by atoms with E-state index in [4.69, 9.17) is 4.98 Å². The number of carbonyl (C=O) groups excluding carboxylic acids is 1. The lowest BCUT2D eigenvalue weighted by atomic mass is 10.0. The molecule has 2 aromatic heterocycles. The monoisotopic (exact) mass is 507 g/mol. The smallest absolute Gasteiger partial charge is 0.229 e. The van der Waals surface area contributed by atoms with Gasteiger partial charge in [0.2, 0.25) is 5.91 Å². The maximum absolute atomic E-state index is 13.1. The number of aromatic nitrogens is 1. The van der Waals surface area contributed by atoms with Crippen LogP contribution in [0.25, 0.3) is 20.8 Å². The number of likely N-dealkylation sites (N-methyl/N-ethyl adjacent to an activating group) is 1. The third kappa shape index (κ3) is 5.08. The quantitative estimate of drug-likeness (QED) is 0.271. The molecule has 1 N–H and O–H groups in total. The number of carbonyl (C=O) groups is 1. The van der Waals surface area contributed by atoms with Gasteiger partial charge in [-0.15, -0.1) is 34.4 Å². The van der Waals surface area contributed by atoms with Gasteiger partial charge in [-0.2, -0.15) is 0 Å². The lowest BCUT2D eigenvalue weighted by Gasteiger charge is -2.25. The zero-order valence-electron chi connectivity index (χ0n) is 19.8. The van der Waals surface area contributed by atoms with Crippen molar-refractivity contribution in [2.24, 2.45) is 0 Å². The molecule has 0 bridgehead atoms. The first-order chi connectivity index (χ1) is 16.5. The van der Waals surface area contributed by atoms with E-state index in [1.54, 1.807) is 22.7 Å². The highest BCUT2D eigenvalue weighted by Crippen LogP contribution is 2.45. The molecule has 0 aliphatic carbocycles. The molecule has 4 aromatic rings. The summed E-state index contributed by atoms with van der Waals surface area (Å²) in [7, 11) is 0. The molecule has 0 spiro atoms. The molecule has 0 saturated heterocycles. The molecule has 0 radical (unpaired) electrons. The van der Waals surface area contributed by atoms with Crippen molar-refractivity contribution >= 4 is 55.6 Å². The molecular weight excluding hydrogens is 479 g/mol. The third-order valence-corrected chi connectivity index (χ3v) is 9.21. The molecule has 176 valence electrons. The highest BCUT2D eigenvalue weighted by molar-refractivity contribution is 7.99. The van der Waals surface area contributed by atoms with E-state index in [9.17, 15) is 4.79 Å². The third-order valence-electron chi connectivity index (χ3n) is 6.00. The van der Waals surface area contributed by atoms with Gasteiger partial charge in [-0.3, -0.25) is 9.69 Å². The highest BCUT2D eigenvalue weighted by Gasteiger charge is 2.27. The van der Waals surface area contributed by atoms with E-state index in [-0.39, 0.29) is 5.91 Å². The standard InChI is InChI=1S/C27H29N3OS3/c1-4-30-14-13-20-23(16-30)34-27(25(20)26-28-21-7-5-6-8-22(21)33-26)29-24(31)15-18-9-11-19(12-10-18)32-17(2)3/h5-12,17H,4,13-16H2,1-3H3,(H,29,31). The fourth-order valence-corrected chi connectivity index (χ4v) is 7.59. The van der Waals surface area contributed by atoms with Crippen molar-refractivity contribution in [2.75, 3.05) is 18.4 Å². The zero-order valence-corrected chi connectivity index (χ0v) is 22.2. The Kier molecular flexibility index (Phi) is 7.06. The molecule has 0 fully saturated rings. The number of para-hydroxylation sites is 1. The molecule has 1 amide bonds. The lowest BCUT2D eigenvalue weighted by molar-refractivity contribution is -0.115. The van der Waals surface area contributed by atoms with Gasteiger partial charge in [-0.1, -0.05) is 45.0 Å². The van der Waals surface area contributed by atoms with E-state index in [0.29, 0.717) is 11.7 Å². The fraction of sp³-hybridized carbons (Fsp3) is 0.333. The van der Waals surface area contributed by atoms with Crippen LogP contribution in [0.2, 0.25) is 0 Å². The average Bonchev–Trinajstić information content (AvgIpc) is 3.39. The van der Waals surface area contributed by atoms with Crippen LogP contribution in [0.3, 0.4) is 0 Å². The number of thiophene rings is 1. The minimum absolute atomic E-state index is 0.0255. The number of thiazole rings is 1. The van der Waals surface area contributed by atoms with Crippen LogP contribution in [-0.2, 0) is 24.2 Å². The largest absolute Gasteiger partial charge is 0.317 e. The van der Waals surface area contributed by atoms with Gasteiger partial charge in [0.1, 0.15) is 10.0 Å². The van der Waals surface area contributed by atoms with E-state index in [2.05, 4.69) is 73.5 Å². The molecule has 3 heterocycles. The zero-order chi connectivity index (χ0) is 23.7. The number of anilines is 1. The van der Waals surface area contributed by atoms with Gasteiger partial charge in [-0.05, 0) is 48.4 Å². The number of hydrogen-bond donors (Lipinski definition) is 1. The Balaban J connectivity index is 1.42. The minimum atomic E-state index is 0.0255. The van der Waals surface area contributed by atoms with Crippen molar-refractivity contribution in [3.05, 3.63) is 64.5 Å². The molecule has 0 unspecified atom stereocenters. The minimum Gasteiger partial charge on any atom is -0.317 e. The van der Waals surface area contributed by atoms with Crippen molar-refractivity contribution in [3.63, 3.8) is 0 Å². The first-order valence-electron chi connectivity index (χ1n) is 11.8. The normalized spacial score (nSPS) is 14.0. The number of nitrogens with zero attached hydrogens (tertiary/aromatic N) is 2. The number of thioether (sulfide) groups is 1. The maximum Gasteiger partial charge on any atom is 0.229 e. The van der Waals surface area contributed by atoms with E-state index in [1.165, 1.54) is 20.0 Å².